The molecule has 4 aromatic rings. The molecule has 2 aliphatic rings. The lowest BCUT2D eigenvalue weighted by Gasteiger charge is -2.40. The number of benzene rings is 1. The highest BCUT2D eigenvalue weighted by atomic mass is 16.4. The van der Waals surface area contributed by atoms with E-state index in [1.54, 1.807) is 32.2 Å². The van der Waals surface area contributed by atoms with Gasteiger partial charge in [-0.05, 0) is 62.4 Å². The van der Waals surface area contributed by atoms with Crippen LogP contribution in [0.2, 0.25) is 0 Å². The predicted molar refractivity (Wildman–Crippen MR) is 151 cm³/mol. The number of carbonyl (C=O) groups is 1. The van der Waals surface area contributed by atoms with E-state index in [4.69, 9.17) is 10.2 Å². The molecule has 2 fully saturated rings. The molecule has 3 N–H and O–H groups in total. The minimum Gasteiger partial charge on any atom is -0.481 e. The number of piperazine rings is 1. The van der Waals surface area contributed by atoms with Crippen LogP contribution in [0.15, 0.2) is 47.1 Å². The molecule has 0 aliphatic carbocycles. The van der Waals surface area contributed by atoms with Crippen molar-refractivity contribution in [2.24, 2.45) is 5.92 Å². The van der Waals surface area contributed by atoms with Crippen LogP contribution in [0.1, 0.15) is 32.3 Å². The van der Waals surface area contributed by atoms with Crippen molar-refractivity contribution in [3.05, 3.63) is 48.2 Å². The van der Waals surface area contributed by atoms with Crippen LogP contribution in [0.5, 0.6) is 0 Å². The first-order valence-electron chi connectivity index (χ1n) is 13.8. The minimum atomic E-state index is -0.897. The zero-order valence-electron chi connectivity index (χ0n) is 22.9. The molecule has 2 aliphatic heterocycles. The van der Waals surface area contributed by atoms with Gasteiger partial charge in [-0.2, -0.15) is 19.5 Å². The van der Waals surface area contributed by atoms with Crippen molar-refractivity contribution >= 4 is 29.3 Å². The molecule has 12 nitrogen and oxygen atoms in total. The van der Waals surface area contributed by atoms with Crippen LogP contribution in [0, 0.1) is 5.92 Å². The van der Waals surface area contributed by atoms with Gasteiger partial charge in [-0.15, -0.1) is 5.10 Å². The second-order valence-corrected chi connectivity index (χ2v) is 11.2. The summed E-state index contributed by atoms with van der Waals surface area (Å²) in [6, 6.07) is 11.6. The van der Waals surface area contributed by atoms with Crippen molar-refractivity contribution in [1.82, 2.24) is 29.5 Å². The van der Waals surface area contributed by atoms with Crippen LogP contribution in [0.25, 0.3) is 17.4 Å². The third-order valence-electron chi connectivity index (χ3n) is 8.14. The number of furan rings is 1. The molecule has 3 aromatic heterocycles. The van der Waals surface area contributed by atoms with Gasteiger partial charge in [0.15, 0.2) is 5.76 Å². The zero-order chi connectivity index (χ0) is 27.9. The van der Waals surface area contributed by atoms with E-state index in [1.807, 2.05) is 24.3 Å². The molecule has 0 unspecified atom stereocenters. The zero-order valence-corrected chi connectivity index (χ0v) is 22.9. The van der Waals surface area contributed by atoms with Gasteiger partial charge in [0, 0.05) is 51.5 Å². The summed E-state index contributed by atoms with van der Waals surface area (Å²) in [5.41, 5.74) is 7.29. The number of carboxylic acid groups (broad SMARTS) is 1. The fourth-order valence-corrected chi connectivity index (χ4v) is 5.61. The predicted octanol–water partition coefficient (Wildman–Crippen LogP) is 2.76. The maximum atomic E-state index is 11.6. The first-order valence-corrected chi connectivity index (χ1v) is 13.8. The first kappa shape index (κ1) is 26.1. The van der Waals surface area contributed by atoms with Crippen LogP contribution in [0.3, 0.4) is 0 Å². The Morgan fingerprint density at radius 2 is 1.82 bits per heavy atom. The van der Waals surface area contributed by atoms with E-state index in [2.05, 4.69) is 34.8 Å². The number of aliphatic carboxylic acids is 1. The van der Waals surface area contributed by atoms with Crippen LogP contribution in [0.4, 0.5) is 17.6 Å². The summed E-state index contributed by atoms with van der Waals surface area (Å²) in [6.45, 7) is 10.1. The Labute approximate surface area is 232 Å². The summed E-state index contributed by atoms with van der Waals surface area (Å²) in [7, 11) is 0. The van der Waals surface area contributed by atoms with Crippen LogP contribution in [-0.2, 0) is 10.2 Å². The monoisotopic (exact) mass is 545 g/mol. The Bertz CT molecular complexity index is 1470. The maximum Gasteiger partial charge on any atom is 0.313 e. The number of piperidine rings is 1. The molecule has 0 amide bonds. The molecule has 5 heterocycles. The molecule has 0 radical (unpaired) electrons. The van der Waals surface area contributed by atoms with Crippen LogP contribution < -0.4 is 15.5 Å². The molecule has 0 saturated carbocycles. The summed E-state index contributed by atoms with van der Waals surface area (Å²) >= 11 is 0. The van der Waals surface area contributed by atoms with Gasteiger partial charge in [-0.25, -0.2) is 0 Å². The number of rotatable bonds is 7. The number of nitrogens with zero attached hydrogens (tertiary/aromatic N) is 8. The fourth-order valence-electron chi connectivity index (χ4n) is 5.61. The van der Waals surface area contributed by atoms with Gasteiger partial charge in [0.25, 0.3) is 5.78 Å². The van der Waals surface area contributed by atoms with Crippen molar-refractivity contribution in [1.29, 1.82) is 0 Å². The van der Waals surface area contributed by atoms with E-state index in [0.29, 0.717) is 29.2 Å². The second kappa shape index (κ2) is 10.4. The van der Waals surface area contributed by atoms with Gasteiger partial charge in [0.05, 0.1) is 11.7 Å². The molecule has 40 heavy (non-hydrogen) atoms. The molecule has 0 bridgehead atoms. The van der Waals surface area contributed by atoms with E-state index in [1.165, 1.54) is 10.9 Å². The highest BCUT2D eigenvalue weighted by Crippen LogP contribution is 2.28. The Balaban J connectivity index is 1.06. The first-order chi connectivity index (χ1) is 19.3. The Kier molecular flexibility index (Phi) is 6.78. The van der Waals surface area contributed by atoms with Gasteiger partial charge in [0.2, 0.25) is 17.7 Å². The van der Waals surface area contributed by atoms with E-state index >= 15 is 0 Å². The van der Waals surface area contributed by atoms with Gasteiger partial charge in [-0.1, -0.05) is 12.1 Å². The standard InChI is InChI=1S/C28H35N9O3/c1-28(2,24(38)39)20-7-9-21(10-8-20)35-14-12-34(13-15-35)17-19-5-3-11-36(18-19)26-31-25(29)37-27(32-26)30-23(33-37)22-6-4-16-40-22/h4,6-10,16,19H,3,5,11-15,17-18H2,1-2H3,(H,38,39)(H2,29,30,31,32,33)/t19-/m0/s1. The third kappa shape index (κ3) is 5.06. The average molecular weight is 546 g/mol. The molecule has 0 spiro atoms. The molecular weight excluding hydrogens is 510 g/mol. The highest BCUT2D eigenvalue weighted by molar-refractivity contribution is 5.80. The number of fused-ring (bicyclic) bond motifs is 1. The highest BCUT2D eigenvalue weighted by Gasteiger charge is 2.30. The summed E-state index contributed by atoms with van der Waals surface area (Å²) in [5.74, 6) is 1.93. The number of aromatic nitrogens is 5. The van der Waals surface area contributed by atoms with E-state index < -0.39 is 11.4 Å². The minimum absolute atomic E-state index is 0.253. The quantitative estimate of drug-likeness (QED) is 0.354. The SMILES string of the molecule is CC(C)(C(=O)O)c1ccc(N2CCN(C[C@@H]3CCCN(c4nc(N)n5nc(-c6ccco6)nc5n4)C3)CC2)cc1. The van der Waals surface area contributed by atoms with E-state index in [0.717, 1.165) is 63.5 Å². The summed E-state index contributed by atoms with van der Waals surface area (Å²) in [6.07, 6.45) is 3.82. The molecule has 1 atom stereocenters. The van der Waals surface area contributed by atoms with Crippen molar-refractivity contribution in [3.63, 3.8) is 0 Å². The van der Waals surface area contributed by atoms with Gasteiger partial charge >= 0.3 is 5.97 Å². The number of anilines is 3. The maximum absolute atomic E-state index is 11.6. The average Bonchev–Trinajstić information content (AvgIpc) is 3.64. The molecule has 2 saturated heterocycles. The number of hydrogen-bond donors (Lipinski definition) is 2. The summed E-state index contributed by atoms with van der Waals surface area (Å²) < 4.78 is 6.86. The lowest BCUT2D eigenvalue weighted by atomic mass is 9.85. The molecule has 1 aromatic carbocycles. The molecule has 6 rings (SSSR count). The number of carboxylic acids is 1. The van der Waals surface area contributed by atoms with Crippen LogP contribution in [-0.4, -0.2) is 86.4 Å². The fraction of sp³-hybridized carbons (Fsp3) is 0.464. The summed E-state index contributed by atoms with van der Waals surface area (Å²) in [5, 5.41) is 13.9. The molecular formula is C28H35N9O3. The van der Waals surface area contributed by atoms with Gasteiger partial charge in [-0.3, -0.25) is 9.69 Å². The Morgan fingerprint density at radius 3 is 2.52 bits per heavy atom. The van der Waals surface area contributed by atoms with Gasteiger partial charge in [0.1, 0.15) is 0 Å². The second-order valence-electron chi connectivity index (χ2n) is 11.2. The topological polar surface area (TPSA) is 142 Å². The smallest absolute Gasteiger partial charge is 0.313 e. The van der Waals surface area contributed by atoms with Crippen molar-refractivity contribution in [3.8, 4) is 11.6 Å². The van der Waals surface area contributed by atoms with Gasteiger partial charge < -0.3 is 25.1 Å². The molecule has 210 valence electrons. The Hall–Kier alpha value is -4.19. The largest absolute Gasteiger partial charge is 0.481 e. The number of hydrogen-bond acceptors (Lipinski definition) is 10. The Morgan fingerprint density at radius 1 is 1.05 bits per heavy atom. The van der Waals surface area contributed by atoms with Crippen molar-refractivity contribution < 1.29 is 14.3 Å². The van der Waals surface area contributed by atoms with Crippen LogP contribution >= 0.6 is 0 Å². The normalized spacial score (nSPS) is 18.9. The molecule has 12 heteroatoms. The van der Waals surface area contributed by atoms with Crippen molar-refractivity contribution in [2.75, 3.05) is 61.3 Å². The van der Waals surface area contributed by atoms with E-state index in [-0.39, 0.29) is 5.95 Å². The summed E-state index contributed by atoms with van der Waals surface area (Å²) in [4.78, 5) is 32.4. The number of nitrogen functional groups attached to an aromatic ring is 1. The van der Waals surface area contributed by atoms with Crippen molar-refractivity contribution in [2.45, 2.75) is 32.1 Å². The lowest BCUT2D eigenvalue weighted by Crippen LogP contribution is -2.49. The number of nitrogens with two attached hydrogens (primary N) is 1. The third-order valence-corrected chi connectivity index (χ3v) is 8.14. The van der Waals surface area contributed by atoms with E-state index in [9.17, 15) is 9.90 Å². The lowest BCUT2D eigenvalue weighted by molar-refractivity contribution is -0.142.